The highest BCUT2D eigenvalue weighted by atomic mass is 35.5. The first kappa shape index (κ1) is 13.4. The molecule has 5 heteroatoms. The van der Waals surface area contributed by atoms with Crippen LogP contribution in [0.1, 0.15) is 49.2 Å². The van der Waals surface area contributed by atoms with Gasteiger partial charge in [-0.2, -0.15) is 11.8 Å². The Morgan fingerprint density at radius 1 is 1.24 bits per heavy atom. The van der Waals surface area contributed by atoms with E-state index in [9.17, 15) is 0 Å². The third-order valence-electron chi connectivity index (χ3n) is 2.89. The molecule has 2 nitrogen and oxygen atoms in total. The summed E-state index contributed by atoms with van der Waals surface area (Å²) in [5.74, 6) is 1.99. The van der Waals surface area contributed by atoms with Crippen molar-refractivity contribution in [1.29, 1.82) is 0 Å². The van der Waals surface area contributed by atoms with E-state index in [1.165, 1.54) is 18.6 Å². The van der Waals surface area contributed by atoms with Crippen molar-refractivity contribution < 1.29 is 0 Å². The van der Waals surface area contributed by atoms with E-state index in [4.69, 9.17) is 23.2 Å². The van der Waals surface area contributed by atoms with Gasteiger partial charge in [0.1, 0.15) is 16.1 Å². The van der Waals surface area contributed by atoms with Gasteiger partial charge in [0, 0.05) is 5.56 Å². The zero-order chi connectivity index (χ0) is 12.3. The Kier molecular flexibility index (Phi) is 4.95. The van der Waals surface area contributed by atoms with Gasteiger partial charge in [0.2, 0.25) is 0 Å². The Morgan fingerprint density at radius 2 is 1.94 bits per heavy atom. The van der Waals surface area contributed by atoms with Gasteiger partial charge < -0.3 is 0 Å². The molecule has 0 spiro atoms. The monoisotopic (exact) mass is 290 g/mol. The summed E-state index contributed by atoms with van der Waals surface area (Å²) in [7, 11) is 0. The predicted molar refractivity (Wildman–Crippen MR) is 75.1 cm³/mol. The number of rotatable bonds is 3. The Bertz CT molecular complexity index is 369. The first-order valence-corrected chi connectivity index (χ1v) is 7.86. The molecule has 1 unspecified atom stereocenters. The van der Waals surface area contributed by atoms with Gasteiger partial charge >= 0.3 is 0 Å². The second kappa shape index (κ2) is 6.26. The molecule has 1 aliphatic rings. The fourth-order valence-electron chi connectivity index (χ4n) is 1.99. The minimum Gasteiger partial charge on any atom is -0.220 e. The van der Waals surface area contributed by atoms with E-state index >= 15 is 0 Å². The summed E-state index contributed by atoms with van der Waals surface area (Å²) in [6.07, 6.45) is 5.50. The summed E-state index contributed by atoms with van der Waals surface area (Å²) in [5.41, 5.74) is 0.889. The molecule has 1 aromatic heterocycles. The Morgan fingerprint density at radius 3 is 2.47 bits per heavy atom. The third-order valence-corrected chi connectivity index (χ3v) is 4.89. The van der Waals surface area contributed by atoms with Crippen LogP contribution in [-0.2, 0) is 6.42 Å². The van der Waals surface area contributed by atoms with E-state index in [-0.39, 0.29) is 0 Å². The predicted octanol–water partition coefficient (Wildman–Crippen LogP) is 4.69. The van der Waals surface area contributed by atoms with Crippen molar-refractivity contribution in [2.24, 2.45) is 0 Å². The van der Waals surface area contributed by atoms with Gasteiger partial charge in [0.15, 0.2) is 0 Å². The van der Waals surface area contributed by atoms with Crippen LogP contribution >= 0.6 is 35.0 Å². The zero-order valence-electron chi connectivity index (χ0n) is 9.88. The number of hydrogen-bond donors (Lipinski definition) is 0. The van der Waals surface area contributed by atoms with Crippen LogP contribution in [0.3, 0.4) is 0 Å². The maximum Gasteiger partial charge on any atom is 0.144 e. The van der Waals surface area contributed by atoms with E-state index < -0.39 is 0 Å². The summed E-state index contributed by atoms with van der Waals surface area (Å²) in [5, 5.41) is 1.44. The van der Waals surface area contributed by atoms with Crippen molar-refractivity contribution in [2.45, 2.75) is 44.3 Å². The summed E-state index contributed by atoms with van der Waals surface area (Å²) in [6.45, 7) is 2.09. The SMILES string of the molecule is CCCc1c(Cl)nc(C2CCCCS2)nc1Cl. The normalized spacial score (nSPS) is 20.5. The highest BCUT2D eigenvalue weighted by Gasteiger charge is 2.21. The minimum absolute atomic E-state index is 0.370. The summed E-state index contributed by atoms with van der Waals surface area (Å²) < 4.78 is 0. The maximum absolute atomic E-state index is 6.19. The second-order valence-corrected chi connectivity index (χ2v) is 6.27. The fourth-order valence-corrected chi connectivity index (χ4v) is 3.82. The molecule has 1 fully saturated rings. The molecular weight excluding hydrogens is 275 g/mol. The Balaban J connectivity index is 2.24. The molecule has 1 aromatic rings. The lowest BCUT2D eigenvalue weighted by Crippen LogP contribution is -2.08. The van der Waals surface area contributed by atoms with Crippen molar-refractivity contribution in [1.82, 2.24) is 9.97 Å². The van der Waals surface area contributed by atoms with Gasteiger partial charge in [-0.15, -0.1) is 0 Å². The van der Waals surface area contributed by atoms with Gasteiger partial charge in [-0.05, 0) is 25.0 Å². The molecule has 2 rings (SSSR count). The lowest BCUT2D eigenvalue weighted by atomic mass is 10.1. The minimum atomic E-state index is 0.370. The number of nitrogens with zero attached hydrogens (tertiary/aromatic N) is 2. The van der Waals surface area contributed by atoms with Crippen LogP contribution in [-0.4, -0.2) is 15.7 Å². The molecule has 1 aliphatic heterocycles. The number of thioether (sulfide) groups is 1. The van der Waals surface area contributed by atoms with Crippen LogP contribution in [0.5, 0.6) is 0 Å². The van der Waals surface area contributed by atoms with Crippen molar-refractivity contribution >= 4 is 35.0 Å². The molecule has 0 amide bonds. The fraction of sp³-hybridized carbons (Fsp3) is 0.667. The molecule has 0 aromatic carbocycles. The van der Waals surface area contributed by atoms with Crippen molar-refractivity contribution in [2.75, 3.05) is 5.75 Å². The molecule has 0 radical (unpaired) electrons. The topological polar surface area (TPSA) is 25.8 Å². The lowest BCUT2D eigenvalue weighted by Gasteiger charge is -2.20. The van der Waals surface area contributed by atoms with E-state index in [2.05, 4.69) is 16.9 Å². The lowest BCUT2D eigenvalue weighted by molar-refractivity contribution is 0.660. The number of hydrogen-bond acceptors (Lipinski definition) is 3. The van der Waals surface area contributed by atoms with Crippen LogP contribution in [0, 0.1) is 0 Å². The molecule has 1 saturated heterocycles. The summed E-state index contributed by atoms with van der Waals surface area (Å²) in [6, 6.07) is 0. The van der Waals surface area contributed by atoms with E-state index in [1.54, 1.807) is 0 Å². The van der Waals surface area contributed by atoms with Gasteiger partial charge in [-0.1, -0.05) is 43.0 Å². The molecule has 0 N–H and O–H groups in total. The maximum atomic E-state index is 6.19. The van der Waals surface area contributed by atoms with Gasteiger partial charge in [0.05, 0.1) is 5.25 Å². The molecule has 0 bridgehead atoms. The van der Waals surface area contributed by atoms with E-state index in [1.807, 2.05) is 11.8 Å². The van der Waals surface area contributed by atoms with Gasteiger partial charge in [0.25, 0.3) is 0 Å². The molecule has 2 heterocycles. The van der Waals surface area contributed by atoms with Crippen LogP contribution in [0.4, 0.5) is 0 Å². The third kappa shape index (κ3) is 3.27. The van der Waals surface area contributed by atoms with Crippen LogP contribution in [0.2, 0.25) is 10.3 Å². The van der Waals surface area contributed by atoms with Crippen molar-refractivity contribution in [3.8, 4) is 0 Å². The smallest absolute Gasteiger partial charge is 0.144 e. The summed E-state index contributed by atoms with van der Waals surface area (Å²) in [4.78, 5) is 8.85. The largest absolute Gasteiger partial charge is 0.220 e. The molecule has 17 heavy (non-hydrogen) atoms. The zero-order valence-corrected chi connectivity index (χ0v) is 12.2. The number of aromatic nitrogens is 2. The molecule has 1 atom stereocenters. The molecular formula is C12H16Cl2N2S. The van der Waals surface area contributed by atoms with E-state index in [0.717, 1.165) is 30.7 Å². The average molecular weight is 291 g/mol. The summed E-state index contributed by atoms with van der Waals surface area (Å²) >= 11 is 14.3. The Hall–Kier alpha value is 0.01000. The van der Waals surface area contributed by atoms with Gasteiger partial charge in [-0.3, -0.25) is 0 Å². The molecule has 0 saturated carbocycles. The van der Waals surface area contributed by atoms with Crippen molar-refractivity contribution in [3.63, 3.8) is 0 Å². The quantitative estimate of drug-likeness (QED) is 0.755. The number of halogens is 2. The van der Waals surface area contributed by atoms with Crippen LogP contribution in [0.15, 0.2) is 0 Å². The first-order valence-electron chi connectivity index (χ1n) is 6.05. The van der Waals surface area contributed by atoms with E-state index in [0.29, 0.717) is 15.6 Å². The van der Waals surface area contributed by atoms with Crippen molar-refractivity contribution in [3.05, 3.63) is 21.7 Å². The highest BCUT2D eigenvalue weighted by Crippen LogP contribution is 2.38. The Labute approximate surface area is 117 Å². The first-order chi connectivity index (χ1) is 8.22. The standard InChI is InChI=1S/C12H16Cl2N2S/c1-2-5-8-10(13)15-12(16-11(8)14)9-6-3-4-7-17-9/h9H,2-7H2,1H3. The highest BCUT2D eigenvalue weighted by molar-refractivity contribution is 7.99. The molecule has 0 aliphatic carbocycles. The average Bonchev–Trinajstić information content (AvgIpc) is 2.35. The molecule has 94 valence electrons. The van der Waals surface area contributed by atoms with Crippen LogP contribution in [0.25, 0.3) is 0 Å². The second-order valence-electron chi connectivity index (χ2n) is 4.25. The van der Waals surface area contributed by atoms with Gasteiger partial charge in [-0.25, -0.2) is 9.97 Å². The van der Waals surface area contributed by atoms with Crippen LogP contribution < -0.4 is 0 Å².